The molecule has 1 aliphatic rings. The molecule has 1 aliphatic heterocycles. The number of nitrogens with one attached hydrogen (secondary N) is 1. The molecule has 8 heteroatoms. The van der Waals surface area contributed by atoms with Crippen LogP contribution in [0.25, 0.3) is 0 Å². The fourth-order valence-corrected chi connectivity index (χ4v) is 4.52. The van der Waals surface area contributed by atoms with Crippen molar-refractivity contribution in [3.63, 3.8) is 0 Å². The highest BCUT2D eigenvalue weighted by atomic mass is 32.2. The number of benzene rings is 1. The molecule has 0 aliphatic carbocycles. The van der Waals surface area contributed by atoms with Gasteiger partial charge >= 0.3 is 0 Å². The summed E-state index contributed by atoms with van der Waals surface area (Å²) in [6.07, 6.45) is 4.88. The predicted molar refractivity (Wildman–Crippen MR) is 125 cm³/mol. The zero-order valence-corrected chi connectivity index (χ0v) is 19.2. The molecule has 0 bridgehead atoms. The molecule has 5 nitrogen and oxygen atoms in total. The third kappa shape index (κ3) is 5.76. The zero-order valence-electron chi connectivity index (χ0n) is 17.6. The first-order valence-electron chi connectivity index (χ1n) is 10.2. The van der Waals surface area contributed by atoms with Crippen LogP contribution in [0.15, 0.2) is 30.3 Å². The number of aryl methyl sites for hydroxylation is 2. The largest absolute Gasteiger partial charge is 0.356 e. The molecule has 0 spiro atoms. The number of nitrogens with zero attached hydrogens (tertiary/aromatic N) is 2. The Kier molecular flexibility index (Phi) is 7.08. The Labute approximate surface area is 183 Å². The fourth-order valence-electron chi connectivity index (χ4n) is 3.71. The number of anilines is 2. The maximum atomic E-state index is 14.3. The Balaban J connectivity index is 1.69. The van der Waals surface area contributed by atoms with Gasteiger partial charge in [-0.1, -0.05) is 31.3 Å². The first-order chi connectivity index (χ1) is 14.1. The van der Waals surface area contributed by atoms with Crippen molar-refractivity contribution in [3.8, 4) is 0 Å². The topological polar surface area (TPSA) is 62.3 Å². The Morgan fingerprint density at radius 1 is 1.27 bits per heavy atom. The van der Waals surface area contributed by atoms with E-state index < -0.39 is 15.8 Å². The van der Waals surface area contributed by atoms with E-state index in [-0.39, 0.29) is 11.6 Å². The van der Waals surface area contributed by atoms with Gasteiger partial charge in [-0.15, -0.1) is 0 Å². The van der Waals surface area contributed by atoms with E-state index in [0.29, 0.717) is 6.42 Å². The smallest absolute Gasteiger partial charge is 0.229 e. The SMILES string of the molecule is Cc1ccc(CCC(=S)C(C)c2ccc(NS(C)(=O)=O)c(F)c2)c(N2CCCC2)n1. The van der Waals surface area contributed by atoms with Crippen molar-refractivity contribution < 1.29 is 12.8 Å². The van der Waals surface area contributed by atoms with E-state index in [0.717, 1.165) is 47.7 Å². The Morgan fingerprint density at radius 2 is 1.97 bits per heavy atom. The molecule has 1 N–H and O–H groups in total. The highest BCUT2D eigenvalue weighted by molar-refractivity contribution is 7.92. The van der Waals surface area contributed by atoms with Crippen molar-refractivity contribution in [1.82, 2.24) is 4.98 Å². The summed E-state index contributed by atoms with van der Waals surface area (Å²) in [7, 11) is -3.53. The van der Waals surface area contributed by atoms with Crippen LogP contribution < -0.4 is 9.62 Å². The first kappa shape index (κ1) is 22.6. The highest BCUT2D eigenvalue weighted by Gasteiger charge is 2.19. The average Bonchev–Trinajstić information content (AvgIpc) is 3.21. The lowest BCUT2D eigenvalue weighted by Crippen LogP contribution is -2.21. The summed E-state index contributed by atoms with van der Waals surface area (Å²) in [5.74, 6) is 0.340. The van der Waals surface area contributed by atoms with Crippen LogP contribution >= 0.6 is 12.2 Å². The number of aromatic nitrogens is 1. The Bertz CT molecular complexity index is 1030. The van der Waals surface area contributed by atoms with Gasteiger partial charge in [-0.3, -0.25) is 4.72 Å². The van der Waals surface area contributed by atoms with Gasteiger partial charge in [-0.05, 0) is 61.9 Å². The van der Waals surface area contributed by atoms with Crippen LogP contribution in [0.4, 0.5) is 15.9 Å². The zero-order chi connectivity index (χ0) is 21.9. The minimum Gasteiger partial charge on any atom is -0.356 e. The lowest BCUT2D eigenvalue weighted by molar-refractivity contribution is 0.603. The van der Waals surface area contributed by atoms with Crippen molar-refractivity contribution in [2.75, 3.05) is 29.0 Å². The fraction of sp³-hybridized carbons (Fsp3) is 0.455. The summed E-state index contributed by atoms with van der Waals surface area (Å²) in [4.78, 5) is 7.95. The summed E-state index contributed by atoms with van der Waals surface area (Å²) in [5, 5.41) is 0. The number of thiocarbonyl (C=S) groups is 1. The van der Waals surface area contributed by atoms with E-state index >= 15 is 0 Å². The maximum absolute atomic E-state index is 14.3. The minimum absolute atomic E-state index is 0.0552. The van der Waals surface area contributed by atoms with Gasteiger partial charge in [0.2, 0.25) is 10.0 Å². The molecule has 0 amide bonds. The van der Waals surface area contributed by atoms with Gasteiger partial charge in [-0.2, -0.15) is 0 Å². The molecule has 2 aromatic rings. The van der Waals surface area contributed by atoms with Crippen LogP contribution in [0.1, 0.15) is 48.9 Å². The minimum atomic E-state index is -3.53. The van der Waals surface area contributed by atoms with E-state index in [9.17, 15) is 12.8 Å². The molecule has 1 saturated heterocycles. The Hall–Kier alpha value is -2.06. The number of sulfonamides is 1. The molecule has 0 saturated carbocycles. The van der Waals surface area contributed by atoms with Crippen LogP contribution in [0, 0.1) is 12.7 Å². The Morgan fingerprint density at radius 3 is 2.60 bits per heavy atom. The second-order valence-electron chi connectivity index (χ2n) is 7.93. The van der Waals surface area contributed by atoms with Crippen LogP contribution in [-0.2, 0) is 16.4 Å². The van der Waals surface area contributed by atoms with Crippen LogP contribution in [0.5, 0.6) is 0 Å². The molecule has 2 heterocycles. The predicted octanol–water partition coefficient (Wildman–Crippen LogP) is 4.61. The summed E-state index contributed by atoms with van der Waals surface area (Å²) in [6, 6.07) is 8.68. The van der Waals surface area contributed by atoms with Crippen molar-refractivity contribution in [2.45, 2.75) is 45.4 Å². The third-order valence-electron chi connectivity index (χ3n) is 5.41. The third-order valence-corrected chi connectivity index (χ3v) is 6.56. The number of hydrogen-bond acceptors (Lipinski definition) is 5. The lowest BCUT2D eigenvalue weighted by Gasteiger charge is -2.21. The summed E-state index contributed by atoms with van der Waals surface area (Å²) >= 11 is 5.66. The highest BCUT2D eigenvalue weighted by Crippen LogP contribution is 2.27. The van der Waals surface area contributed by atoms with Crippen molar-refractivity contribution >= 4 is 38.6 Å². The lowest BCUT2D eigenvalue weighted by atomic mass is 9.93. The van der Waals surface area contributed by atoms with E-state index in [1.54, 1.807) is 6.07 Å². The normalized spacial score (nSPS) is 15.3. The van der Waals surface area contributed by atoms with Gasteiger partial charge < -0.3 is 4.90 Å². The van der Waals surface area contributed by atoms with Crippen LogP contribution in [0.3, 0.4) is 0 Å². The van der Waals surface area contributed by atoms with Gasteiger partial charge in [0.1, 0.15) is 11.6 Å². The second kappa shape index (κ2) is 9.39. The molecule has 3 rings (SSSR count). The van der Waals surface area contributed by atoms with E-state index in [4.69, 9.17) is 17.2 Å². The molecule has 1 fully saturated rings. The van der Waals surface area contributed by atoms with Gasteiger partial charge in [0.15, 0.2) is 0 Å². The van der Waals surface area contributed by atoms with Crippen molar-refractivity contribution in [3.05, 3.63) is 53.0 Å². The molecule has 0 radical (unpaired) electrons. The summed E-state index contributed by atoms with van der Waals surface area (Å²) < 4.78 is 39.2. The summed E-state index contributed by atoms with van der Waals surface area (Å²) in [6.45, 7) is 6.04. The average molecular weight is 450 g/mol. The van der Waals surface area contributed by atoms with Crippen LogP contribution in [-0.4, -0.2) is 37.6 Å². The molecular formula is C22H28FN3O2S2. The van der Waals surface area contributed by atoms with Crippen molar-refractivity contribution in [2.24, 2.45) is 0 Å². The molecule has 1 aromatic heterocycles. The number of rotatable bonds is 8. The second-order valence-corrected chi connectivity index (χ2v) is 10.2. The van der Waals surface area contributed by atoms with E-state index in [1.165, 1.54) is 30.5 Å². The van der Waals surface area contributed by atoms with Crippen LogP contribution in [0.2, 0.25) is 0 Å². The molecule has 30 heavy (non-hydrogen) atoms. The molecule has 1 aromatic carbocycles. The standard InChI is InChI=1S/C22H28FN3O2S2/c1-15-6-7-17(22(24-15)26-12-4-5-13-26)9-11-21(29)16(2)18-8-10-20(19(23)14-18)25-30(3,27)28/h6-8,10,14,16,25H,4-5,9,11-13H2,1-3H3. The molecule has 1 unspecified atom stereocenters. The molecule has 1 atom stereocenters. The maximum Gasteiger partial charge on any atom is 0.229 e. The summed E-state index contributed by atoms with van der Waals surface area (Å²) in [5.41, 5.74) is 2.88. The van der Waals surface area contributed by atoms with Gasteiger partial charge in [0, 0.05) is 29.6 Å². The molecular weight excluding hydrogens is 421 g/mol. The number of pyridine rings is 1. The van der Waals surface area contributed by atoms with E-state index in [2.05, 4.69) is 15.7 Å². The van der Waals surface area contributed by atoms with E-state index in [1.807, 2.05) is 19.9 Å². The first-order valence-corrected chi connectivity index (χ1v) is 12.5. The van der Waals surface area contributed by atoms with Gasteiger partial charge in [-0.25, -0.2) is 17.8 Å². The number of hydrogen-bond donors (Lipinski definition) is 1. The monoisotopic (exact) mass is 449 g/mol. The van der Waals surface area contributed by atoms with Gasteiger partial charge in [0.25, 0.3) is 0 Å². The van der Waals surface area contributed by atoms with Gasteiger partial charge in [0.05, 0.1) is 11.9 Å². The quantitative estimate of drug-likeness (QED) is 0.597. The molecule has 162 valence electrons. The number of halogens is 1. The van der Waals surface area contributed by atoms with Crippen molar-refractivity contribution in [1.29, 1.82) is 0 Å².